The predicted octanol–water partition coefficient (Wildman–Crippen LogP) is 3.44. The summed E-state index contributed by atoms with van der Waals surface area (Å²) in [7, 11) is 0. The van der Waals surface area contributed by atoms with Gasteiger partial charge in [-0.15, -0.1) is 0 Å². The van der Waals surface area contributed by atoms with Gasteiger partial charge in [0.2, 0.25) is 5.91 Å². The highest BCUT2D eigenvalue weighted by Crippen LogP contribution is 2.29. The van der Waals surface area contributed by atoms with Gasteiger partial charge in [-0.25, -0.2) is 0 Å². The standard InChI is InChI=1S/C17H23F3N2O/c1-12(2)21-16(23)14-7-9-22(10-8-14)11-13-3-5-15(6-4-13)17(18,19)20/h3-6,12,14H,7-11H2,1-2H3,(H,21,23). The number of nitrogens with zero attached hydrogens (tertiary/aromatic N) is 1. The summed E-state index contributed by atoms with van der Waals surface area (Å²) in [5, 5.41) is 2.93. The zero-order valence-electron chi connectivity index (χ0n) is 13.5. The average molecular weight is 328 g/mol. The molecule has 6 heteroatoms. The molecule has 128 valence electrons. The van der Waals surface area contributed by atoms with Gasteiger partial charge < -0.3 is 5.32 Å². The highest BCUT2D eigenvalue weighted by molar-refractivity contribution is 5.78. The second kappa shape index (κ2) is 7.34. The molecule has 3 nitrogen and oxygen atoms in total. The van der Waals surface area contributed by atoms with Crippen LogP contribution in [0.15, 0.2) is 24.3 Å². The van der Waals surface area contributed by atoms with E-state index in [0.29, 0.717) is 6.54 Å². The van der Waals surface area contributed by atoms with Gasteiger partial charge >= 0.3 is 6.18 Å². The second-order valence-corrected chi connectivity index (χ2v) is 6.41. The molecule has 2 rings (SSSR count). The van der Waals surface area contributed by atoms with Crippen molar-refractivity contribution in [3.8, 4) is 0 Å². The van der Waals surface area contributed by atoms with Gasteiger partial charge in [-0.3, -0.25) is 9.69 Å². The Kier molecular flexibility index (Phi) is 5.68. The maximum Gasteiger partial charge on any atom is 0.416 e. The molecule has 1 aliphatic heterocycles. The Morgan fingerprint density at radius 2 is 1.78 bits per heavy atom. The number of benzene rings is 1. The van der Waals surface area contributed by atoms with Gasteiger partial charge in [0.1, 0.15) is 0 Å². The van der Waals surface area contributed by atoms with Crippen LogP contribution in [0.4, 0.5) is 13.2 Å². The molecule has 0 spiro atoms. The summed E-state index contributed by atoms with van der Waals surface area (Å²) < 4.78 is 37.6. The summed E-state index contributed by atoms with van der Waals surface area (Å²) >= 11 is 0. The lowest BCUT2D eigenvalue weighted by Gasteiger charge is -2.31. The van der Waals surface area contributed by atoms with Gasteiger partial charge in [0.25, 0.3) is 0 Å². The van der Waals surface area contributed by atoms with Crippen molar-refractivity contribution in [2.75, 3.05) is 13.1 Å². The van der Waals surface area contributed by atoms with E-state index in [9.17, 15) is 18.0 Å². The largest absolute Gasteiger partial charge is 0.416 e. The fourth-order valence-electron chi connectivity index (χ4n) is 2.81. The van der Waals surface area contributed by atoms with E-state index in [1.807, 2.05) is 13.8 Å². The quantitative estimate of drug-likeness (QED) is 0.918. The Bertz CT molecular complexity index is 518. The first kappa shape index (κ1) is 17.8. The minimum Gasteiger partial charge on any atom is -0.354 e. The number of amides is 1. The molecule has 1 aliphatic rings. The monoisotopic (exact) mass is 328 g/mol. The van der Waals surface area contributed by atoms with E-state index in [2.05, 4.69) is 10.2 Å². The first-order valence-electron chi connectivity index (χ1n) is 7.94. The molecule has 1 aromatic rings. The van der Waals surface area contributed by atoms with Crippen molar-refractivity contribution in [1.82, 2.24) is 10.2 Å². The number of piperidine rings is 1. The lowest BCUT2D eigenvalue weighted by atomic mass is 9.95. The Labute approximate surface area is 134 Å². The molecule has 0 aromatic heterocycles. The Balaban J connectivity index is 1.83. The molecule has 0 saturated carbocycles. The maximum absolute atomic E-state index is 12.5. The number of hydrogen-bond acceptors (Lipinski definition) is 2. The Morgan fingerprint density at radius 3 is 2.26 bits per heavy atom. The van der Waals surface area contributed by atoms with Crippen molar-refractivity contribution < 1.29 is 18.0 Å². The van der Waals surface area contributed by atoms with Crippen LogP contribution in [0, 0.1) is 5.92 Å². The fraction of sp³-hybridized carbons (Fsp3) is 0.588. The first-order chi connectivity index (χ1) is 10.8. The fourth-order valence-corrected chi connectivity index (χ4v) is 2.81. The van der Waals surface area contributed by atoms with Crippen LogP contribution < -0.4 is 5.32 Å². The number of halogens is 3. The van der Waals surface area contributed by atoms with E-state index in [4.69, 9.17) is 0 Å². The topological polar surface area (TPSA) is 32.3 Å². The molecular formula is C17H23F3N2O. The minimum atomic E-state index is -4.29. The highest BCUT2D eigenvalue weighted by Gasteiger charge is 2.30. The van der Waals surface area contributed by atoms with Gasteiger partial charge in [-0.2, -0.15) is 13.2 Å². The van der Waals surface area contributed by atoms with Crippen LogP contribution in [0.3, 0.4) is 0 Å². The lowest BCUT2D eigenvalue weighted by molar-refractivity contribution is -0.137. The third-order valence-corrected chi connectivity index (χ3v) is 4.08. The number of hydrogen-bond donors (Lipinski definition) is 1. The second-order valence-electron chi connectivity index (χ2n) is 6.41. The molecule has 1 heterocycles. The van der Waals surface area contributed by atoms with Crippen LogP contribution in [-0.2, 0) is 17.5 Å². The van der Waals surface area contributed by atoms with Gasteiger partial charge in [0, 0.05) is 18.5 Å². The Morgan fingerprint density at radius 1 is 1.22 bits per heavy atom. The zero-order chi connectivity index (χ0) is 17.0. The van der Waals surface area contributed by atoms with E-state index >= 15 is 0 Å². The SMILES string of the molecule is CC(C)NC(=O)C1CCN(Cc2ccc(C(F)(F)F)cc2)CC1. The van der Waals surface area contributed by atoms with Crippen LogP contribution in [0.25, 0.3) is 0 Å². The van der Waals surface area contributed by atoms with Gasteiger partial charge in [-0.05, 0) is 57.5 Å². The van der Waals surface area contributed by atoms with Gasteiger partial charge in [0.05, 0.1) is 5.56 Å². The summed E-state index contributed by atoms with van der Waals surface area (Å²) in [4.78, 5) is 14.2. The number of likely N-dealkylation sites (tertiary alicyclic amines) is 1. The van der Waals surface area contributed by atoms with Crippen LogP contribution in [0.2, 0.25) is 0 Å². The van der Waals surface area contributed by atoms with E-state index in [1.54, 1.807) is 0 Å². The van der Waals surface area contributed by atoms with E-state index in [1.165, 1.54) is 12.1 Å². The molecule has 1 saturated heterocycles. The number of rotatable bonds is 4. The third-order valence-electron chi connectivity index (χ3n) is 4.08. The summed E-state index contributed by atoms with van der Waals surface area (Å²) in [6.07, 6.45) is -2.71. The molecule has 0 unspecified atom stereocenters. The molecule has 1 aromatic carbocycles. The highest BCUT2D eigenvalue weighted by atomic mass is 19.4. The van der Waals surface area contributed by atoms with Crippen molar-refractivity contribution in [2.45, 2.75) is 45.5 Å². The van der Waals surface area contributed by atoms with Crippen molar-refractivity contribution in [3.05, 3.63) is 35.4 Å². The predicted molar refractivity (Wildman–Crippen MR) is 82.7 cm³/mol. The summed E-state index contributed by atoms with van der Waals surface area (Å²) in [6.45, 7) is 6.08. The number of alkyl halides is 3. The molecule has 1 amide bonds. The molecule has 0 bridgehead atoms. The molecule has 0 atom stereocenters. The molecular weight excluding hydrogens is 305 g/mol. The molecule has 23 heavy (non-hydrogen) atoms. The number of carbonyl (C=O) groups excluding carboxylic acids is 1. The first-order valence-corrected chi connectivity index (χ1v) is 7.94. The molecule has 0 radical (unpaired) electrons. The smallest absolute Gasteiger partial charge is 0.354 e. The normalized spacial score (nSPS) is 17.5. The van der Waals surface area contributed by atoms with Crippen molar-refractivity contribution in [2.24, 2.45) is 5.92 Å². The number of nitrogens with one attached hydrogen (secondary N) is 1. The van der Waals surface area contributed by atoms with E-state index in [-0.39, 0.29) is 17.9 Å². The zero-order valence-corrected chi connectivity index (χ0v) is 13.5. The molecule has 1 fully saturated rings. The van der Waals surface area contributed by atoms with Crippen molar-refractivity contribution in [3.63, 3.8) is 0 Å². The van der Waals surface area contributed by atoms with Crippen LogP contribution in [0.1, 0.15) is 37.8 Å². The van der Waals surface area contributed by atoms with Gasteiger partial charge in [0.15, 0.2) is 0 Å². The summed E-state index contributed by atoms with van der Waals surface area (Å²) in [5.74, 6) is 0.149. The molecule has 0 aliphatic carbocycles. The maximum atomic E-state index is 12.5. The summed E-state index contributed by atoms with van der Waals surface area (Å²) in [6, 6.07) is 5.45. The van der Waals surface area contributed by atoms with E-state index < -0.39 is 11.7 Å². The van der Waals surface area contributed by atoms with Crippen LogP contribution >= 0.6 is 0 Å². The van der Waals surface area contributed by atoms with Crippen LogP contribution in [0.5, 0.6) is 0 Å². The lowest BCUT2D eigenvalue weighted by Crippen LogP contribution is -2.42. The Hall–Kier alpha value is -1.56. The van der Waals surface area contributed by atoms with E-state index in [0.717, 1.165) is 43.6 Å². The number of carbonyl (C=O) groups is 1. The van der Waals surface area contributed by atoms with Crippen LogP contribution in [-0.4, -0.2) is 29.9 Å². The third kappa shape index (κ3) is 5.23. The van der Waals surface area contributed by atoms with Crippen molar-refractivity contribution in [1.29, 1.82) is 0 Å². The van der Waals surface area contributed by atoms with Gasteiger partial charge in [-0.1, -0.05) is 12.1 Å². The minimum absolute atomic E-state index is 0.0428. The average Bonchev–Trinajstić information content (AvgIpc) is 2.47. The summed E-state index contributed by atoms with van der Waals surface area (Å²) in [5.41, 5.74) is 0.244. The van der Waals surface area contributed by atoms with Crippen molar-refractivity contribution >= 4 is 5.91 Å². The molecule has 1 N–H and O–H groups in total.